The van der Waals surface area contributed by atoms with E-state index < -0.39 is 5.92 Å². The summed E-state index contributed by atoms with van der Waals surface area (Å²) in [5.74, 6) is 0.383. The smallest absolute Gasteiger partial charge is 0.243 e. The lowest BCUT2D eigenvalue weighted by Crippen LogP contribution is -2.31. The van der Waals surface area contributed by atoms with Crippen molar-refractivity contribution in [1.82, 2.24) is 10.2 Å². The zero-order valence-corrected chi connectivity index (χ0v) is 13.7. The fourth-order valence-electron chi connectivity index (χ4n) is 3.06. The minimum absolute atomic E-state index is 0.0982. The number of nitrogens with zero attached hydrogens (tertiary/aromatic N) is 2. The Morgan fingerprint density at radius 2 is 2.08 bits per heavy atom. The van der Waals surface area contributed by atoms with Gasteiger partial charge in [0.2, 0.25) is 11.8 Å². The lowest BCUT2D eigenvalue weighted by atomic mass is 9.79. The van der Waals surface area contributed by atoms with Crippen LogP contribution in [0, 0.1) is 22.7 Å². The van der Waals surface area contributed by atoms with Crippen LogP contribution >= 0.6 is 0 Å². The molecule has 24 heavy (non-hydrogen) atoms. The van der Waals surface area contributed by atoms with Gasteiger partial charge in [0, 0.05) is 17.2 Å². The first-order chi connectivity index (χ1) is 11.6. The zero-order valence-electron chi connectivity index (χ0n) is 13.7. The van der Waals surface area contributed by atoms with E-state index in [0.717, 1.165) is 23.2 Å². The summed E-state index contributed by atoms with van der Waals surface area (Å²) in [5, 5.41) is 24.7. The summed E-state index contributed by atoms with van der Waals surface area (Å²) in [6.45, 7) is 2.00. The first kappa shape index (κ1) is 15.9. The second kappa shape index (κ2) is 6.24. The van der Waals surface area contributed by atoms with E-state index in [2.05, 4.69) is 16.3 Å². The predicted molar refractivity (Wildman–Crippen MR) is 86.8 cm³/mol. The molecule has 2 heterocycles. The Bertz CT molecular complexity index is 822. The standard InChI is InChI=1S/C17H18N4O3/c1-4-11-15-14(9-5-6-12(22-2)13(7-9)23-3)10(8-18)16(19)24-17(15)21-20-11/h5-7,10,14,19H,4H2,1-3H3,(H,20,21). The van der Waals surface area contributed by atoms with Gasteiger partial charge in [0.05, 0.1) is 20.3 Å². The maximum atomic E-state index is 9.59. The van der Waals surface area contributed by atoms with Gasteiger partial charge in [-0.1, -0.05) is 13.0 Å². The van der Waals surface area contributed by atoms with Gasteiger partial charge in [0.15, 0.2) is 11.5 Å². The van der Waals surface area contributed by atoms with Gasteiger partial charge in [-0.25, -0.2) is 0 Å². The number of nitrogens with one attached hydrogen (secondary N) is 2. The minimum Gasteiger partial charge on any atom is -0.493 e. The van der Waals surface area contributed by atoms with Gasteiger partial charge in [0.1, 0.15) is 5.92 Å². The number of aryl methyl sites for hydroxylation is 1. The largest absolute Gasteiger partial charge is 0.493 e. The van der Waals surface area contributed by atoms with Crippen molar-refractivity contribution in [2.75, 3.05) is 14.2 Å². The van der Waals surface area contributed by atoms with E-state index in [-0.39, 0.29) is 11.8 Å². The average Bonchev–Trinajstić information content (AvgIpc) is 3.02. The maximum absolute atomic E-state index is 9.59. The summed E-state index contributed by atoms with van der Waals surface area (Å²) in [4.78, 5) is 0. The third kappa shape index (κ3) is 2.36. The summed E-state index contributed by atoms with van der Waals surface area (Å²) in [7, 11) is 3.14. The topological polar surface area (TPSA) is 104 Å². The van der Waals surface area contributed by atoms with E-state index in [1.54, 1.807) is 20.3 Å². The Morgan fingerprint density at radius 3 is 2.71 bits per heavy atom. The van der Waals surface area contributed by atoms with Gasteiger partial charge < -0.3 is 14.2 Å². The van der Waals surface area contributed by atoms with E-state index in [9.17, 15) is 5.26 Å². The molecule has 2 atom stereocenters. The fourth-order valence-corrected chi connectivity index (χ4v) is 3.06. The molecular formula is C17H18N4O3. The molecule has 0 radical (unpaired) electrons. The SMILES string of the molecule is CCc1[nH]nc2c1C(c1ccc(OC)c(OC)c1)C(C#N)C(=N)O2. The molecule has 0 spiro atoms. The third-order valence-corrected chi connectivity index (χ3v) is 4.24. The molecule has 0 aliphatic carbocycles. The van der Waals surface area contributed by atoms with Crippen LogP contribution < -0.4 is 14.2 Å². The van der Waals surface area contributed by atoms with Gasteiger partial charge >= 0.3 is 0 Å². The van der Waals surface area contributed by atoms with Crippen molar-refractivity contribution >= 4 is 5.90 Å². The summed E-state index contributed by atoms with van der Waals surface area (Å²) in [5.41, 5.74) is 2.58. The average molecular weight is 326 g/mol. The number of methoxy groups -OCH3 is 2. The zero-order chi connectivity index (χ0) is 17.3. The molecule has 2 N–H and O–H groups in total. The fraction of sp³-hybridized carbons (Fsp3) is 0.353. The number of hydrogen-bond donors (Lipinski definition) is 2. The molecule has 1 aliphatic rings. The van der Waals surface area contributed by atoms with Crippen LogP contribution in [0.4, 0.5) is 0 Å². The first-order valence-electron chi connectivity index (χ1n) is 7.59. The highest BCUT2D eigenvalue weighted by Gasteiger charge is 2.40. The predicted octanol–water partition coefficient (Wildman–Crippen LogP) is 2.63. The lowest BCUT2D eigenvalue weighted by molar-refractivity contribution is 0.354. The molecule has 2 aromatic rings. The van der Waals surface area contributed by atoms with Gasteiger partial charge in [-0.05, 0) is 24.1 Å². The van der Waals surface area contributed by atoms with Crippen molar-refractivity contribution in [2.45, 2.75) is 19.3 Å². The molecule has 7 nitrogen and oxygen atoms in total. The van der Waals surface area contributed by atoms with Crippen LogP contribution in [0.5, 0.6) is 17.4 Å². The summed E-state index contributed by atoms with van der Waals surface area (Å²) in [6, 6.07) is 7.70. The number of fused-ring (bicyclic) bond motifs is 1. The molecular weight excluding hydrogens is 308 g/mol. The Hall–Kier alpha value is -3.01. The van der Waals surface area contributed by atoms with Crippen LogP contribution in [0.1, 0.15) is 29.7 Å². The van der Waals surface area contributed by atoms with Crippen LogP contribution in [0.15, 0.2) is 18.2 Å². The van der Waals surface area contributed by atoms with E-state index >= 15 is 0 Å². The highest BCUT2D eigenvalue weighted by atomic mass is 16.5. The Balaban J connectivity index is 2.19. The number of rotatable bonds is 4. The Labute approximate surface area is 139 Å². The number of aromatic nitrogens is 2. The molecule has 0 fully saturated rings. The van der Waals surface area contributed by atoms with Gasteiger partial charge in [0.25, 0.3) is 0 Å². The van der Waals surface area contributed by atoms with Crippen LogP contribution in [0.2, 0.25) is 0 Å². The molecule has 7 heteroatoms. The van der Waals surface area contributed by atoms with Crippen molar-refractivity contribution < 1.29 is 14.2 Å². The third-order valence-electron chi connectivity index (χ3n) is 4.24. The van der Waals surface area contributed by atoms with Crippen molar-refractivity contribution in [2.24, 2.45) is 5.92 Å². The Kier molecular flexibility index (Phi) is 4.13. The maximum Gasteiger partial charge on any atom is 0.243 e. The number of benzene rings is 1. The lowest BCUT2D eigenvalue weighted by Gasteiger charge is -2.28. The number of hydrogen-bond acceptors (Lipinski definition) is 6. The van der Waals surface area contributed by atoms with Crippen molar-refractivity contribution in [3.05, 3.63) is 35.0 Å². The quantitative estimate of drug-likeness (QED) is 0.899. The molecule has 0 saturated heterocycles. The normalized spacial score (nSPS) is 19.2. The molecule has 1 aromatic heterocycles. The first-order valence-corrected chi connectivity index (χ1v) is 7.59. The van der Waals surface area contributed by atoms with Gasteiger partial charge in [-0.2, -0.15) is 5.26 Å². The summed E-state index contributed by atoms with van der Waals surface area (Å²) < 4.78 is 16.1. The molecule has 124 valence electrons. The molecule has 0 saturated carbocycles. The second-order valence-corrected chi connectivity index (χ2v) is 5.44. The van der Waals surface area contributed by atoms with Crippen molar-refractivity contribution in [1.29, 1.82) is 10.7 Å². The highest BCUT2D eigenvalue weighted by molar-refractivity contribution is 5.84. The second-order valence-electron chi connectivity index (χ2n) is 5.44. The highest BCUT2D eigenvalue weighted by Crippen LogP contribution is 2.44. The van der Waals surface area contributed by atoms with Crippen LogP contribution in [-0.4, -0.2) is 30.3 Å². The van der Waals surface area contributed by atoms with E-state index in [1.165, 1.54) is 0 Å². The van der Waals surface area contributed by atoms with E-state index in [1.807, 2.05) is 19.1 Å². The molecule has 0 bridgehead atoms. The number of H-pyrrole nitrogens is 1. The Morgan fingerprint density at radius 1 is 1.33 bits per heavy atom. The summed E-state index contributed by atoms with van der Waals surface area (Å²) >= 11 is 0. The summed E-state index contributed by atoms with van der Waals surface area (Å²) in [6.07, 6.45) is 0.723. The van der Waals surface area contributed by atoms with Gasteiger partial charge in [-0.15, -0.1) is 5.10 Å². The molecule has 3 rings (SSSR count). The van der Waals surface area contributed by atoms with Gasteiger partial charge in [-0.3, -0.25) is 10.5 Å². The van der Waals surface area contributed by atoms with Crippen LogP contribution in [0.3, 0.4) is 0 Å². The molecule has 1 aromatic carbocycles. The molecule has 1 aliphatic heterocycles. The molecule has 2 unspecified atom stereocenters. The van der Waals surface area contributed by atoms with Crippen LogP contribution in [0.25, 0.3) is 0 Å². The van der Waals surface area contributed by atoms with Crippen LogP contribution in [-0.2, 0) is 6.42 Å². The van der Waals surface area contributed by atoms with Crippen molar-refractivity contribution in [3.8, 4) is 23.4 Å². The van der Waals surface area contributed by atoms with E-state index in [0.29, 0.717) is 17.4 Å². The molecule has 0 amide bonds. The number of ether oxygens (including phenoxy) is 3. The minimum atomic E-state index is -0.724. The number of aromatic amines is 1. The number of nitriles is 1. The monoisotopic (exact) mass is 326 g/mol. The van der Waals surface area contributed by atoms with E-state index in [4.69, 9.17) is 19.6 Å². The van der Waals surface area contributed by atoms with Crippen molar-refractivity contribution in [3.63, 3.8) is 0 Å².